The average molecular weight is 269 g/mol. The molecule has 18 heavy (non-hydrogen) atoms. The van der Waals surface area contributed by atoms with Crippen LogP contribution in [-0.2, 0) is 0 Å². The summed E-state index contributed by atoms with van der Waals surface area (Å²) in [7, 11) is 0. The minimum atomic E-state index is -0.613. The molecule has 0 aromatic heterocycles. The molecule has 1 aliphatic rings. The zero-order valence-corrected chi connectivity index (χ0v) is 11.8. The summed E-state index contributed by atoms with van der Waals surface area (Å²) in [6.45, 7) is 8.38. The number of nitrogens with zero attached hydrogens (tertiary/aromatic N) is 2. The molecule has 0 radical (unpaired) electrons. The van der Waals surface area contributed by atoms with Gasteiger partial charge in [-0.1, -0.05) is 17.7 Å². The van der Waals surface area contributed by atoms with Crippen molar-refractivity contribution in [3.8, 4) is 0 Å². The molecule has 1 fully saturated rings. The number of hydrogen-bond donors (Lipinski definition) is 1. The zero-order chi connectivity index (χ0) is 13.2. The van der Waals surface area contributed by atoms with Crippen molar-refractivity contribution < 1.29 is 5.11 Å². The van der Waals surface area contributed by atoms with Crippen LogP contribution in [0.2, 0.25) is 5.02 Å². The molecular weight excluding hydrogens is 248 g/mol. The molecule has 0 saturated carbocycles. The predicted molar refractivity (Wildman–Crippen MR) is 76.4 cm³/mol. The van der Waals surface area contributed by atoms with Gasteiger partial charge >= 0.3 is 0 Å². The molecule has 0 bridgehead atoms. The lowest BCUT2D eigenvalue weighted by molar-refractivity contribution is 0.0345. The summed E-state index contributed by atoms with van der Waals surface area (Å²) in [5.74, 6) is 0. The first-order valence-corrected chi connectivity index (χ1v) is 6.77. The number of piperazine rings is 1. The monoisotopic (exact) mass is 268 g/mol. The van der Waals surface area contributed by atoms with Crippen LogP contribution in [0, 0.1) is 0 Å². The Balaban J connectivity index is 1.91. The van der Waals surface area contributed by atoms with Crippen molar-refractivity contribution in [1.82, 2.24) is 4.90 Å². The van der Waals surface area contributed by atoms with Crippen LogP contribution < -0.4 is 4.90 Å². The highest BCUT2D eigenvalue weighted by molar-refractivity contribution is 6.30. The van der Waals surface area contributed by atoms with E-state index < -0.39 is 5.60 Å². The van der Waals surface area contributed by atoms with Gasteiger partial charge in [-0.05, 0) is 32.0 Å². The van der Waals surface area contributed by atoms with Crippen molar-refractivity contribution in [2.24, 2.45) is 0 Å². The van der Waals surface area contributed by atoms with E-state index in [1.165, 1.54) is 5.69 Å². The molecule has 1 aromatic carbocycles. The van der Waals surface area contributed by atoms with Gasteiger partial charge in [-0.25, -0.2) is 0 Å². The molecule has 4 heteroatoms. The maximum Gasteiger partial charge on any atom is 0.0718 e. The number of rotatable bonds is 3. The summed E-state index contributed by atoms with van der Waals surface area (Å²) in [6, 6.07) is 7.99. The van der Waals surface area contributed by atoms with E-state index in [0.29, 0.717) is 0 Å². The van der Waals surface area contributed by atoms with Crippen LogP contribution in [0.4, 0.5) is 5.69 Å². The number of anilines is 1. The van der Waals surface area contributed by atoms with E-state index in [4.69, 9.17) is 11.6 Å². The van der Waals surface area contributed by atoms with E-state index in [1.54, 1.807) is 0 Å². The van der Waals surface area contributed by atoms with Crippen molar-refractivity contribution in [2.45, 2.75) is 19.4 Å². The van der Waals surface area contributed by atoms with Crippen LogP contribution in [-0.4, -0.2) is 48.3 Å². The Hall–Kier alpha value is -0.770. The van der Waals surface area contributed by atoms with Gasteiger partial charge in [0.15, 0.2) is 0 Å². The predicted octanol–water partition coefficient (Wildman–Crippen LogP) is 2.23. The van der Waals surface area contributed by atoms with Gasteiger partial charge < -0.3 is 10.0 Å². The second kappa shape index (κ2) is 5.47. The van der Waals surface area contributed by atoms with Crippen molar-refractivity contribution in [3.05, 3.63) is 29.3 Å². The van der Waals surface area contributed by atoms with Gasteiger partial charge in [-0.15, -0.1) is 0 Å². The first kappa shape index (κ1) is 13.7. The Morgan fingerprint density at radius 1 is 1.22 bits per heavy atom. The first-order valence-electron chi connectivity index (χ1n) is 6.39. The van der Waals surface area contributed by atoms with E-state index in [0.717, 1.165) is 37.7 Å². The minimum Gasteiger partial charge on any atom is -0.389 e. The van der Waals surface area contributed by atoms with Crippen LogP contribution in [0.25, 0.3) is 0 Å². The molecule has 2 rings (SSSR count). The summed E-state index contributed by atoms with van der Waals surface area (Å²) in [5, 5.41) is 10.6. The van der Waals surface area contributed by atoms with E-state index >= 15 is 0 Å². The third kappa shape index (κ3) is 3.87. The SMILES string of the molecule is CC(C)(O)CN1CCN(c2cccc(Cl)c2)CC1. The van der Waals surface area contributed by atoms with Crippen LogP contribution in [0.1, 0.15) is 13.8 Å². The number of halogens is 1. The molecule has 1 aromatic rings. The normalized spacial score (nSPS) is 18.1. The summed E-state index contributed by atoms with van der Waals surface area (Å²) < 4.78 is 0. The summed E-state index contributed by atoms with van der Waals surface area (Å²) in [6.07, 6.45) is 0. The Kier molecular flexibility index (Phi) is 4.15. The van der Waals surface area contributed by atoms with E-state index in [-0.39, 0.29) is 0 Å². The van der Waals surface area contributed by atoms with Crippen LogP contribution in [0.15, 0.2) is 24.3 Å². The van der Waals surface area contributed by atoms with E-state index in [9.17, 15) is 5.11 Å². The molecule has 100 valence electrons. The van der Waals surface area contributed by atoms with Gasteiger partial charge in [0.1, 0.15) is 0 Å². The molecule has 1 aliphatic heterocycles. The molecule has 0 spiro atoms. The van der Waals surface area contributed by atoms with Crippen molar-refractivity contribution in [1.29, 1.82) is 0 Å². The van der Waals surface area contributed by atoms with Crippen LogP contribution in [0.5, 0.6) is 0 Å². The number of β-amino-alcohol motifs (C(OH)–C–C–N with tert-alkyl or cyclic N) is 1. The first-order chi connectivity index (χ1) is 8.44. The number of aliphatic hydroxyl groups is 1. The van der Waals surface area contributed by atoms with Gasteiger partial charge in [-0.3, -0.25) is 4.90 Å². The number of hydrogen-bond acceptors (Lipinski definition) is 3. The highest BCUT2D eigenvalue weighted by atomic mass is 35.5. The molecule has 1 heterocycles. The van der Waals surface area contributed by atoms with Gasteiger partial charge in [0.05, 0.1) is 5.60 Å². The fraction of sp³-hybridized carbons (Fsp3) is 0.571. The Morgan fingerprint density at radius 3 is 2.44 bits per heavy atom. The molecular formula is C14H21ClN2O. The molecule has 1 N–H and O–H groups in total. The maximum atomic E-state index is 9.82. The van der Waals surface area contributed by atoms with E-state index in [1.807, 2.05) is 32.0 Å². The summed E-state index contributed by atoms with van der Waals surface area (Å²) in [4.78, 5) is 4.65. The quantitative estimate of drug-likeness (QED) is 0.911. The van der Waals surface area contributed by atoms with Gasteiger partial charge in [0, 0.05) is 43.4 Å². The lowest BCUT2D eigenvalue weighted by Gasteiger charge is -2.38. The summed E-state index contributed by atoms with van der Waals surface area (Å²) in [5.41, 5.74) is 0.573. The average Bonchev–Trinajstić information content (AvgIpc) is 2.28. The van der Waals surface area contributed by atoms with Crippen LogP contribution in [0.3, 0.4) is 0 Å². The Bertz CT molecular complexity index is 395. The van der Waals surface area contributed by atoms with Gasteiger partial charge in [-0.2, -0.15) is 0 Å². The van der Waals surface area contributed by atoms with Gasteiger partial charge in [0.2, 0.25) is 0 Å². The third-order valence-corrected chi connectivity index (χ3v) is 3.39. The van der Waals surface area contributed by atoms with Gasteiger partial charge in [0.25, 0.3) is 0 Å². The molecule has 0 atom stereocenters. The summed E-state index contributed by atoms with van der Waals surface area (Å²) >= 11 is 6.01. The topological polar surface area (TPSA) is 26.7 Å². The van der Waals surface area contributed by atoms with E-state index in [2.05, 4.69) is 15.9 Å². The lowest BCUT2D eigenvalue weighted by Crippen LogP contribution is -2.50. The lowest BCUT2D eigenvalue weighted by atomic mass is 10.1. The fourth-order valence-electron chi connectivity index (χ4n) is 2.38. The smallest absolute Gasteiger partial charge is 0.0718 e. The number of benzene rings is 1. The largest absolute Gasteiger partial charge is 0.389 e. The molecule has 0 amide bonds. The van der Waals surface area contributed by atoms with Crippen molar-refractivity contribution >= 4 is 17.3 Å². The molecule has 3 nitrogen and oxygen atoms in total. The standard InChI is InChI=1S/C14H21ClN2O/c1-14(2,18)11-16-6-8-17(9-7-16)13-5-3-4-12(15)10-13/h3-5,10,18H,6-9,11H2,1-2H3. The Morgan fingerprint density at radius 2 is 1.89 bits per heavy atom. The minimum absolute atomic E-state index is 0.613. The van der Waals surface area contributed by atoms with Crippen LogP contribution >= 0.6 is 11.6 Å². The molecule has 1 saturated heterocycles. The highest BCUT2D eigenvalue weighted by Crippen LogP contribution is 2.21. The van der Waals surface area contributed by atoms with Crippen molar-refractivity contribution in [2.75, 3.05) is 37.6 Å². The third-order valence-electron chi connectivity index (χ3n) is 3.16. The second-order valence-electron chi connectivity index (χ2n) is 5.56. The fourth-order valence-corrected chi connectivity index (χ4v) is 2.57. The molecule has 0 unspecified atom stereocenters. The molecule has 0 aliphatic carbocycles. The zero-order valence-electron chi connectivity index (χ0n) is 11.1. The second-order valence-corrected chi connectivity index (χ2v) is 5.99. The highest BCUT2D eigenvalue weighted by Gasteiger charge is 2.22. The maximum absolute atomic E-state index is 9.82. The van der Waals surface area contributed by atoms with Crippen molar-refractivity contribution in [3.63, 3.8) is 0 Å². The Labute approximate surface area is 114 Å².